The first kappa shape index (κ1) is 36.1. The van der Waals surface area contributed by atoms with Gasteiger partial charge in [0.1, 0.15) is 17.7 Å². The maximum Gasteiger partial charge on any atom is 0.408 e. The largest absolute Gasteiger partial charge is 0.444 e. The highest BCUT2D eigenvalue weighted by Crippen LogP contribution is 2.30. The highest BCUT2D eigenvalue weighted by atomic mass is 16.6. The van der Waals surface area contributed by atoms with Crippen molar-refractivity contribution in [1.82, 2.24) is 15.5 Å². The van der Waals surface area contributed by atoms with E-state index in [1.165, 1.54) is 12.8 Å². The number of hydrogen-bond acceptors (Lipinski definition) is 4. The lowest BCUT2D eigenvalue weighted by Crippen LogP contribution is -2.55. The molecule has 0 aliphatic heterocycles. The van der Waals surface area contributed by atoms with Crippen LogP contribution >= 0.6 is 0 Å². The minimum absolute atomic E-state index is 0.101. The topological polar surface area (TPSA) is 87.7 Å². The zero-order valence-corrected chi connectivity index (χ0v) is 28.6. The molecule has 2 aromatic rings. The monoisotopic (exact) mass is 619 g/mol. The van der Waals surface area contributed by atoms with Crippen molar-refractivity contribution >= 4 is 17.9 Å². The summed E-state index contributed by atoms with van der Waals surface area (Å²) in [6.07, 6.45) is 11.3. The van der Waals surface area contributed by atoms with Crippen LogP contribution in [0.1, 0.15) is 127 Å². The van der Waals surface area contributed by atoms with E-state index in [2.05, 4.69) is 17.6 Å². The van der Waals surface area contributed by atoms with Crippen molar-refractivity contribution in [1.29, 1.82) is 0 Å². The number of benzene rings is 2. The Hall–Kier alpha value is -3.35. The molecule has 0 aromatic heterocycles. The molecule has 2 unspecified atom stereocenters. The van der Waals surface area contributed by atoms with Gasteiger partial charge in [0.25, 0.3) is 0 Å². The van der Waals surface area contributed by atoms with Crippen LogP contribution in [0, 0.1) is 13.8 Å². The van der Waals surface area contributed by atoms with Gasteiger partial charge in [-0.2, -0.15) is 0 Å². The molecular formula is C38H57N3O4. The number of aryl methyl sites for hydroxylation is 2. The second kappa shape index (κ2) is 18.0. The summed E-state index contributed by atoms with van der Waals surface area (Å²) in [5.41, 5.74) is 3.00. The van der Waals surface area contributed by atoms with E-state index in [4.69, 9.17) is 4.74 Å². The van der Waals surface area contributed by atoms with Crippen LogP contribution in [0.15, 0.2) is 48.5 Å². The summed E-state index contributed by atoms with van der Waals surface area (Å²) >= 11 is 0. The van der Waals surface area contributed by atoms with E-state index < -0.39 is 23.8 Å². The number of nitrogens with zero attached hydrogens (tertiary/aromatic N) is 1. The van der Waals surface area contributed by atoms with Gasteiger partial charge in [-0.05, 0) is 76.1 Å². The van der Waals surface area contributed by atoms with E-state index in [1.54, 1.807) is 25.7 Å². The van der Waals surface area contributed by atoms with Crippen molar-refractivity contribution < 1.29 is 19.1 Å². The molecule has 2 N–H and O–H groups in total. The molecular weight excluding hydrogens is 562 g/mol. The van der Waals surface area contributed by atoms with E-state index in [0.29, 0.717) is 6.54 Å². The smallest absolute Gasteiger partial charge is 0.408 e. The van der Waals surface area contributed by atoms with Crippen LogP contribution in [0.3, 0.4) is 0 Å². The second-order valence-corrected chi connectivity index (χ2v) is 13.7. The molecule has 0 radical (unpaired) electrons. The Morgan fingerprint density at radius 1 is 0.867 bits per heavy atom. The van der Waals surface area contributed by atoms with Crippen LogP contribution in [0.2, 0.25) is 0 Å². The van der Waals surface area contributed by atoms with Crippen molar-refractivity contribution in [3.8, 4) is 0 Å². The van der Waals surface area contributed by atoms with Crippen LogP contribution in [0.25, 0.3) is 0 Å². The van der Waals surface area contributed by atoms with Crippen LogP contribution in [-0.4, -0.2) is 47.0 Å². The first-order valence-electron chi connectivity index (χ1n) is 17.2. The van der Waals surface area contributed by atoms with Crippen molar-refractivity contribution in [2.75, 3.05) is 6.54 Å². The number of ether oxygens (including phenoxy) is 1. The molecule has 45 heavy (non-hydrogen) atoms. The zero-order chi connectivity index (χ0) is 32.8. The summed E-state index contributed by atoms with van der Waals surface area (Å²) in [4.78, 5) is 44.1. The van der Waals surface area contributed by atoms with E-state index in [1.807, 2.05) is 62.4 Å². The SMILES string of the molecule is CCCCCCCCN(C(=O)C(Cc1ccccc1)NC(=O)OC(C)(C)C)C(C(=O)NC1CCCCC1)c1c(C)cccc1C. The van der Waals surface area contributed by atoms with Gasteiger partial charge in [-0.25, -0.2) is 4.79 Å². The molecule has 7 nitrogen and oxygen atoms in total. The van der Waals surface area contributed by atoms with Crippen LogP contribution in [-0.2, 0) is 20.7 Å². The molecule has 3 rings (SSSR count). The first-order chi connectivity index (χ1) is 21.5. The molecule has 0 bridgehead atoms. The third-order valence-electron chi connectivity index (χ3n) is 8.63. The molecule has 0 saturated heterocycles. The quantitative estimate of drug-likeness (QED) is 0.197. The lowest BCUT2D eigenvalue weighted by atomic mass is 9.91. The molecule has 2 atom stereocenters. The molecule has 0 heterocycles. The van der Waals surface area contributed by atoms with Crippen molar-refractivity contribution in [2.45, 2.75) is 142 Å². The number of unbranched alkanes of at least 4 members (excludes halogenated alkanes) is 5. The zero-order valence-electron chi connectivity index (χ0n) is 28.6. The Labute approximate surface area is 271 Å². The predicted octanol–water partition coefficient (Wildman–Crippen LogP) is 8.12. The van der Waals surface area contributed by atoms with Crippen molar-refractivity contribution in [2.24, 2.45) is 0 Å². The van der Waals surface area contributed by atoms with Gasteiger partial charge in [0.05, 0.1) is 0 Å². The maximum absolute atomic E-state index is 14.8. The van der Waals surface area contributed by atoms with Crippen molar-refractivity contribution in [3.05, 3.63) is 70.8 Å². The lowest BCUT2D eigenvalue weighted by molar-refractivity contribution is -0.143. The number of hydrogen-bond donors (Lipinski definition) is 2. The summed E-state index contributed by atoms with van der Waals surface area (Å²) in [5, 5.41) is 6.23. The molecule has 1 aliphatic rings. The summed E-state index contributed by atoms with van der Waals surface area (Å²) in [5.74, 6) is -0.418. The van der Waals surface area contributed by atoms with Gasteiger partial charge >= 0.3 is 6.09 Å². The van der Waals surface area contributed by atoms with Gasteiger partial charge in [-0.3, -0.25) is 9.59 Å². The van der Waals surface area contributed by atoms with Gasteiger partial charge in [0, 0.05) is 19.0 Å². The molecule has 248 valence electrons. The van der Waals surface area contributed by atoms with E-state index in [-0.39, 0.29) is 24.3 Å². The Kier molecular flexibility index (Phi) is 14.4. The minimum Gasteiger partial charge on any atom is -0.444 e. The fourth-order valence-electron chi connectivity index (χ4n) is 6.34. The van der Waals surface area contributed by atoms with E-state index in [0.717, 1.165) is 80.0 Å². The maximum atomic E-state index is 14.8. The average Bonchev–Trinajstić information content (AvgIpc) is 2.99. The minimum atomic E-state index is -0.906. The summed E-state index contributed by atoms with van der Waals surface area (Å²) in [6.45, 7) is 12.1. The van der Waals surface area contributed by atoms with Gasteiger partial charge in [-0.15, -0.1) is 0 Å². The Morgan fingerprint density at radius 2 is 1.49 bits per heavy atom. The van der Waals surface area contributed by atoms with Gasteiger partial charge in [0.15, 0.2) is 0 Å². The number of amides is 3. The summed E-state index contributed by atoms with van der Waals surface area (Å²) in [6, 6.07) is 14.1. The Balaban J connectivity index is 2.04. The summed E-state index contributed by atoms with van der Waals surface area (Å²) in [7, 11) is 0. The third kappa shape index (κ3) is 11.8. The third-order valence-corrected chi connectivity index (χ3v) is 8.63. The van der Waals surface area contributed by atoms with Crippen LogP contribution in [0.5, 0.6) is 0 Å². The van der Waals surface area contributed by atoms with Crippen molar-refractivity contribution in [3.63, 3.8) is 0 Å². The number of nitrogens with one attached hydrogen (secondary N) is 2. The number of alkyl carbamates (subject to hydrolysis) is 1. The fraction of sp³-hybridized carbons (Fsp3) is 0.605. The van der Waals surface area contributed by atoms with Gasteiger partial charge in [0.2, 0.25) is 11.8 Å². The average molecular weight is 620 g/mol. The Bertz CT molecular complexity index is 1200. The van der Waals surface area contributed by atoms with Crippen LogP contribution in [0.4, 0.5) is 4.79 Å². The fourth-order valence-corrected chi connectivity index (χ4v) is 6.34. The first-order valence-corrected chi connectivity index (χ1v) is 17.2. The molecule has 3 amide bonds. The molecule has 7 heteroatoms. The second-order valence-electron chi connectivity index (χ2n) is 13.7. The highest BCUT2D eigenvalue weighted by Gasteiger charge is 2.38. The Morgan fingerprint density at radius 3 is 2.11 bits per heavy atom. The van der Waals surface area contributed by atoms with E-state index in [9.17, 15) is 14.4 Å². The molecule has 1 saturated carbocycles. The predicted molar refractivity (Wildman–Crippen MR) is 182 cm³/mol. The number of carbonyl (C=O) groups is 3. The standard InChI is InChI=1S/C38H57N3O4/c1-7-8-9-10-11-18-26-41(36(43)32(27-30-22-14-12-15-23-30)40-37(44)45-38(4,5)6)34(33-28(2)20-19-21-29(33)3)35(42)39-31-24-16-13-17-25-31/h12,14-15,19-23,31-32,34H,7-11,13,16-18,24-27H2,1-6H3,(H,39,42)(H,40,44). The normalized spacial score (nSPS) is 15.2. The summed E-state index contributed by atoms with van der Waals surface area (Å²) < 4.78 is 5.60. The number of carbonyl (C=O) groups excluding carboxylic acids is 3. The van der Waals surface area contributed by atoms with Gasteiger partial charge < -0.3 is 20.3 Å². The molecule has 1 aliphatic carbocycles. The van der Waals surface area contributed by atoms with E-state index >= 15 is 0 Å². The molecule has 0 spiro atoms. The van der Waals surface area contributed by atoms with Crippen LogP contribution < -0.4 is 10.6 Å². The highest BCUT2D eigenvalue weighted by molar-refractivity contribution is 5.93. The van der Waals surface area contributed by atoms with Gasteiger partial charge in [-0.1, -0.05) is 107 Å². The molecule has 2 aromatic carbocycles. The lowest BCUT2D eigenvalue weighted by Gasteiger charge is -2.37. The number of rotatable bonds is 15. The molecule has 1 fully saturated rings.